The third-order valence-electron chi connectivity index (χ3n) is 1.87. The van der Waals surface area contributed by atoms with Crippen LogP contribution in [0.15, 0.2) is 35.2 Å². The second-order valence-electron chi connectivity index (χ2n) is 2.77. The predicted octanol–water partition coefficient (Wildman–Crippen LogP) is 2.43. The monoisotopic (exact) mass is 206 g/mol. The molecule has 0 N–H and O–H groups in total. The van der Waals surface area contributed by atoms with Gasteiger partial charge in [-0.15, -0.1) is 12.6 Å². The maximum Gasteiger partial charge on any atom is 0.365 e. The zero-order valence-corrected chi connectivity index (χ0v) is 7.94. The quantitative estimate of drug-likeness (QED) is 0.443. The van der Waals surface area contributed by atoms with E-state index in [1.54, 1.807) is 12.1 Å². The Labute approximate surface area is 85.1 Å². The molecular formula is C9H6N2O2S. The minimum Gasteiger partial charge on any atom is -0.358 e. The summed E-state index contributed by atoms with van der Waals surface area (Å²) >= 11 is 4.17. The Morgan fingerprint density at radius 1 is 1.36 bits per heavy atom. The van der Waals surface area contributed by atoms with Gasteiger partial charge in [0.25, 0.3) is 0 Å². The van der Waals surface area contributed by atoms with Crippen LogP contribution in [-0.4, -0.2) is 9.91 Å². The number of hydrogen-bond acceptors (Lipinski definition) is 4. The lowest BCUT2D eigenvalue weighted by molar-refractivity contribution is -0.389. The van der Waals surface area contributed by atoms with E-state index in [0.29, 0.717) is 10.4 Å². The van der Waals surface area contributed by atoms with Crippen molar-refractivity contribution in [2.75, 3.05) is 0 Å². The number of thiol groups is 1. The molecule has 0 bridgehead atoms. The summed E-state index contributed by atoms with van der Waals surface area (Å²) < 4.78 is 0. The summed E-state index contributed by atoms with van der Waals surface area (Å²) in [5, 5.41) is 11.3. The summed E-state index contributed by atoms with van der Waals surface area (Å²) in [6, 6.07) is 8.53. The van der Waals surface area contributed by atoms with Crippen LogP contribution in [0, 0.1) is 10.1 Å². The Morgan fingerprint density at radius 2 is 2.07 bits per heavy atom. The highest BCUT2D eigenvalue weighted by atomic mass is 32.1. The van der Waals surface area contributed by atoms with E-state index in [-0.39, 0.29) is 5.82 Å². The van der Waals surface area contributed by atoms with Crippen molar-refractivity contribution >= 4 is 29.3 Å². The van der Waals surface area contributed by atoms with Gasteiger partial charge in [0.2, 0.25) is 0 Å². The molecule has 0 aliphatic heterocycles. The minimum atomic E-state index is -0.522. The highest BCUT2D eigenvalue weighted by molar-refractivity contribution is 7.80. The van der Waals surface area contributed by atoms with Gasteiger partial charge in [-0.25, -0.2) is 0 Å². The fourth-order valence-electron chi connectivity index (χ4n) is 1.24. The summed E-state index contributed by atoms with van der Waals surface area (Å²) in [4.78, 5) is 14.4. The standard InChI is InChI=1S/C9H6N2O2S/c12-11(13)9-5-8(14)6-3-1-2-4-7(6)10-9/h1-5H,(H,10,14). The van der Waals surface area contributed by atoms with Crippen LogP contribution in [0.5, 0.6) is 0 Å². The number of benzene rings is 1. The summed E-state index contributed by atoms with van der Waals surface area (Å²) in [5.74, 6) is -0.172. The van der Waals surface area contributed by atoms with Gasteiger partial charge in [0.05, 0.1) is 6.07 Å². The topological polar surface area (TPSA) is 56.0 Å². The lowest BCUT2D eigenvalue weighted by Gasteiger charge is -1.97. The molecule has 0 fully saturated rings. The fraction of sp³-hybridized carbons (Fsp3) is 0. The van der Waals surface area contributed by atoms with Crippen molar-refractivity contribution in [1.29, 1.82) is 0 Å². The number of aromatic nitrogens is 1. The van der Waals surface area contributed by atoms with E-state index in [1.165, 1.54) is 6.07 Å². The number of para-hydroxylation sites is 1. The van der Waals surface area contributed by atoms with Crippen LogP contribution < -0.4 is 0 Å². The van der Waals surface area contributed by atoms with E-state index >= 15 is 0 Å². The van der Waals surface area contributed by atoms with Gasteiger partial charge in [-0.2, -0.15) is 0 Å². The average Bonchev–Trinajstić information content (AvgIpc) is 2.17. The van der Waals surface area contributed by atoms with Crippen LogP contribution in [0.1, 0.15) is 0 Å². The molecule has 0 amide bonds. The van der Waals surface area contributed by atoms with E-state index in [0.717, 1.165) is 5.39 Å². The van der Waals surface area contributed by atoms with Crippen molar-refractivity contribution in [3.8, 4) is 0 Å². The highest BCUT2D eigenvalue weighted by Crippen LogP contribution is 2.24. The molecule has 0 radical (unpaired) electrons. The zero-order valence-electron chi connectivity index (χ0n) is 7.04. The fourth-order valence-corrected chi connectivity index (χ4v) is 1.54. The van der Waals surface area contributed by atoms with Crippen LogP contribution in [0.2, 0.25) is 0 Å². The first-order valence-corrected chi connectivity index (χ1v) is 4.36. The molecule has 1 aromatic carbocycles. The lowest BCUT2D eigenvalue weighted by atomic mass is 10.2. The number of rotatable bonds is 1. The van der Waals surface area contributed by atoms with Crippen molar-refractivity contribution in [3.05, 3.63) is 40.4 Å². The molecule has 2 rings (SSSR count). The van der Waals surface area contributed by atoms with Gasteiger partial charge in [0, 0.05) is 10.3 Å². The molecule has 2 aromatic rings. The number of nitro groups is 1. The molecule has 14 heavy (non-hydrogen) atoms. The van der Waals surface area contributed by atoms with Crippen molar-refractivity contribution in [1.82, 2.24) is 4.98 Å². The second-order valence-corrected chi connectivity index (χ2v) is 3.26. The molecular weight excluding hydrogens is 200 g/mol. The van der Waals surface area contributed by atoms with E-state index in [1.807, 2.05) is 12.1 Å². The van der Waals surface area contributed by atoms with E-state index in [2.05, 4.69) is 17.6 Å². The molecule has 0 saturated carbocycles. The summed E-state index contributed by atoms with van der Waals surface area (Å²) in [6.45, 7) is 0. The maximum absolute atomic E-state index is 10.5. The Morgan fingerprint density at radius 3 is 2.79 bits per heavy atom. The van der Waals surface area contributed by atoms with Crippen LogP contribution in [0.3, 0.4) is 0 Å². The smallest absolute Gasteiger partial charge is 0.358 e. The third-order valence-corrected chi connectivity index (χ3v) is 2.24. The van der Waals surface area contributed by atoms with Crippen molar-refractivity contribution in [2.24, 2.45) is 0 Å². The number of nitrogens with zero attached hydrogens (tertiary/aromatic N) is 2. The second kappa shape index (κ2) is 3.26. The Hall–Kier alpha value is -1.62. The van der Waals surface area contributed by atoms with Gasteiger partial charge in [-0.1, -0.05) is 12.1 Å². The maximum atomic E-state index is 10.5. The molecule has 4 nitrogen and oxygen atoms in total. The summed E-state index contributed by atoms with van der Waals surface area (Å²) in [6.07, 6.45) is 0. The molecule has 0 unspecified atom stereocenters. The van der Waals surface area contributed by atoms with Gasteiger partial charge < -0.3 is 10.1 Å². The number of fused-ring (bicyclic) bond motifs is 1. The van der Waals surface area contributed by atoms with Crippen molar-refractivity contribution in [3.63, 3.8) is 0 Å². The first-order valence-electron chi connectivity index (χ1n) is 3.91. The van der Waals surface area contributed by atoms with E-state index in [4.69, 9.17) is 0 Å². The molecule has 0 aliphatic rings. The van der Waals surface area contributed by atoms with Crippen molar-refractivity contribution in [2.45, 2.75) is 4.90 Å². The van der Waals surface area contributed by atoms with Crippen LogP contribution in [0.4, 0.5) is 5.82 Å². The van der Waals surface area contributed by atoms with Gasteiger partial charge in [-0.3, -0.25) is 0 Å². The Bertz CT molecular complexity index is 513. The largest absolute Gasteiger partial charge is 0.365 e. The minimum absolute atomic E-state index is 0.172. The summed E-state index contributed by atoms with van der Waals surface area (Å²) in [5.41, 5.74) is 0.590. The molecule has 0 aliphatic carbocycles. The van der Waals surface area contributed by atoms with E-state index in [9.17, 15) is 10.1 Å². The van der Waals surface area contributed by atoms with Crippen LogP contribution in [-0.2, 0) is 0 Å². The molecule has 0 spiro atoms. The van der Waals surface area contributed by atoms with Crippen LogP contribution >= 0.6 is 12.6 Å². The first kappa shape index (κ1) is 8.96. The molecule has 0 saturated heterocycles. The SMILES string of the molecule is O=[N+]([O-])c1cc(S)c2ccccc2n1. The van der Waals surface area contributed by atoms with Crippen molar-refractivity contribution < 1.29 is 4.92 Å². The zero-order chi connectivity index (χ0) is 10.1. The number of hydrogen-bond donors (Lipinski definition) is 1. The third kappa shape index (κ3) is 1.42. The van der Waals surface area contributed by atoms with Gasteiger partial charge in [-0.05, 0) is 22.0 Å². The first-order chi connectivity index (χ1) is 6.68. The highest BCUT2D eigenvalue weighted by Gasteiger charge is 2.11. The molecule has 1 heterocycles. The normalized spacial score (nSPS) is 10.4. The number of pyridine rings is 1. The van der Waals surface area contributed by atoms with E-state index < -0.39 is 4.92 Å². The lowest BCUT2D eigenvalue weighted by Crippen LogP contribution is -1.92. The molecule has 0 atom stereocenters. The predicted molar refractivity (Wildman–Crippen MR) is 55.6 cm³/mol. The summed E-state index contributed by atoms with van der Waals surface area (Å²) in [7, 11) is 0. The molecule has 1 aromatic heterocycles. The molecule has 5 heteroatoms. The average molecular weight is 206 g/mol. The Kier molecular flexibility index (Phi) is 2.09. The van der Waals surface area contributed by atoms with Gasteiger partial charge >= 0.3 is 5.82 Å². The van der Waals surface area contributed by atoms with Gasteiger partial charge in [0.15, 0.2) is 5.52 Å². The molecule has 70 valence electrons. The van der Waals surface area contributed by atoms with Crippen LogP contribution in [0.25, 0.3) is 10.9 Å². The Balaban J connectivity index is 2.78. The van der Waals surface area contributed by atoms with Gasteiger partial charge in [0.1, 0.15) is 0 Å².